The maximum atomic E-state index is 13.1. The zero-order valence-electron chi connectivity index (χ0n) is 15.3. The molecule has 2 aliphatic heterocycles. The number of hydrogen-bond donors (Lipinski definition) is 1. The Kier molecular flexibility index (Phi) is 4.57. The van der Waals surface area contributed by atoms with E-state index in [1.54, 1.807) is 44.6 Å². The predicted octanol–water partition coefficient (Wildman–Crippen LogP) is 2.94. The van der Waals surface area contributed by atoms with E-state index in [0.29, 0.717) is 27.7 Å². The van der Waals surface area contributed by atoms with Crippen LogP contribution in [0.25, 0.3) is 0 Å². The highest BCUT2D eigenvalue weighted by molar-refractivity contribution is 8.03. The molecule has 4 rings (SSSR count). The SMILES string of the molecule is COc1ccc(OC)c([C@@H]2CC(=O)N3C(=C2C#N)SC[C@@]3(O)c2ccco2)c1. The van der Waals surface area contributed by atoms with Gasteiger partial charge in [-0.05, 0) is 30.3 Å². The molecule has 1 aromatic heterocycles. The van der Waals surface area contributed by atoms with Gasteiger partial charge in [0, 0.05) is 17.9 Å². The third-order valence-corrected chi connectivity index (χ3v) is 6.26. The molecular weight excluding hydrogens is 380 g/mol. The molecule has 2 aliphatic rings. The van der Waals surface area contributed by atoms with Crippen molar-refractivity contribution in [3.8, 4) is 17.6 Å². The third-order valence-electron chi connectivity index (χ3n) is 5.04. The first kappa shape index (κ1) is 18.5. The molecule has 1 fully saturated rings. The number of hydrogen-bond acceptors (Lipinski definition) is 7. The number of thioether (sulfide) groups is 1. The summed E-state index contributed by atoms with van der Waals surface area (Å²) in [6, 6.07) is 10.8. The molecule has 0 spiro atoms. The van der Waals surface area contributed by atoms with Gasteiger partial charge in [-0.1, -0.05) is 0 Å². The first-order chi connectivity index (χ1) is 13.5. The maximum Gasteiger partial charge on any atom is 0.231 e. The van der Waals surface area contributed by atoms with Crippen LogP contribution in [0.3, 0.4) is 0 Å². The molecule has 8 heteroatoms. The van der Waals surface area contributed by atoms with E-state index in [9.17, 15) is 15.2 Å². The smallest absolute Gasteiger partial charge is 0.231 e. The lowest BCUT2D eigenvalue weighted by atomic mass is 9.85. The number of ether oxygens (including phenoxy) is 2. The van der Waals surface area contributed by atoms with Gasteiger partial charge >= 0.3 is 0 Å². The van der Waals surface area contributed by atoms with Crippen molar-refractivity contribution in [2.45, 2.75) is 18.1 Å². The molecule has 1 saturated heterocycles. The Morgan fingerprint density at radius 1 is 1.36 bits per heavy atom. The first-order valence-corrected chi connectivity index (χ1v) is 9.60. The zero-order valence-corrected chi connectivity index (χ0v) is 16.2. The van der Waals surface area contributed by atoms with E-state index >= 15 is 0 Å². The Hall–Kier alpha value is -2.89. The van der Waals surface area contributed by atoms with Crippen molar-refractivity contribution in [1.82, 2.24) is 4.90 Å². The van der Waals surface area contributed by atoms with E-state index in [1.165, 1.54) is 22.9 Å². The Morgan fingerprint density at radius 2 is 2.18 bits per heavy atom. The number of carbonyl (C=O) groups is 1. The average Bonchev–Trinajstić information content (AvgIpc) is 3.37. The second-order valence-electron chi connectivity index (χ2n) is 6.51. The zero-order chi connectivity index (χ0) is 19.9. The van der Waals surface area contributed by atoms with Crippen LogP contribution in [0, 0.1) is 11.3 Å². The van der Waals surface area contributed by atoms with Crippen LogP contribution >= 0.6 is 11.8 Å². The largest absolute Gasteiger partial charge is 0.497 e. The molecule has 144 valence electrons. The molecule has 3 heterocycles. The number of benzene rings is 1. The third kappa shape index (κ3) is 2.66. The molecule has 0 aliphatic carbocycles. The highest BCUT2D eigenvalue weighted by Crippen LogP contribution is 2.52. The van der Waals surface area contributed by atoms with Gasteiger partial charge in [-0.15, -0.1) is 11.8 Å². The second kappa shape index (κ2) is 6.93. The minimum absolute atomic E-state index is 0.0273. The van der Waals surface area contributed by atoms with Crippen LogP contribution in [0.2, 0.25) is 0 Å². The molecule has 1 aromatic carbocycles. The van der Waals surface area contributed by atoms with Crippen LogP contribution in [0.5, 0.6) is 11.5 Å². The van der Waals surface area contributed by atoms with Crippen LogP contribution in [0.4, 0.5) is 0 Å². The number of fused-ring (bicyclic) bond motifs is 1. The number of nitrogens with zero attached hydrogens (tertiary/aromatic N) is 2. The number of aliphatic hydroxyl groups is 1. The summed E-state index contributed by atoms with van der Waals surface area (Å²) in [5, 5.41) is 21.5. The standard InChI is InChI=1S/C20H18N2O5S/c1-25-12-5-6-16(26-2)14(8-12)13-9-18(23)22-19(15(13)10-21)28-11-20(22,24)17-4-3-7-27-17/h3-8,13,24H,9,11H2,1-2H3/t13-,20+/m0/s1. The number of rotatable bonds is 4. The lowest BCUT2D eigenvalue weighted by Gasteiger charge is -2.36. The lowest BCUT2D eigenvalue weighted by molar-refractivity contribution is -0.152. The summed E-state index contributed by atoms with van der Waals surface area (Å²) in [6.45, 7) is 0. The lowest BCUT2D eigenvalue weighted by Crippen LogP contribution is -2.48. The van der Waals surface area contributed by atoms with Gasteiger partial charge in [0.15, 0.2) is 5.76 Å². The number of amides is 1. The molecule has 1 amide bonds. The van der Waals surface area contributed by atoms with Gasteiger partial charge in [0.1, 0.15) is 11.5 Å². The Bertz CT molecular complexity index is 995. The van der Waals surface area contributed by atoms with Gasteiger partial charge < -0.3 is 19.0 Å². The summed E-state index contributed by atoms with van der Waals surface area (Å²) in [5.41, 5.74) is -0.488. The topological polar surface area (TPSA) is 95.9 Å². The molecular formula is C20H18N2O5S. The van der Waals surface area contributed by atoms with Crippen molar-refractivity contribution >= 4 is 17.7 Å². The van der Waals surface area contributed by atoms with E-state index in [2.05, 4.69) is 6.07 Å². The Balaban J connectivity index is 1.84. The molecule has 0 bridgehead atoms. The van der Waals surface area contributed by atoms with Gasteiger partial charge in [0.05, 0.1) is 42.9 Å². The normalized spacial score (nSPS) is 24.1. The summed E-state index contributed by atoms with van der Waals surface area (Å²) in [5.74, 6) is 0.879. The van der Waals surface area contributed by atoms with Crippen LogP contribution in [-0.2, 0) is 10.5 Å². The Labute approximate surface area is 166 Å². The maximum absolute atomic E-state index is 13.1. The van der Waals surface area contributed by atoms with Crippen molar-refractivity contribution in [2.24, 2.45) is 0 Å². The van der Waals surface area contributed by atoms with Crippen molar-refractivity contribution in [1.29, 1.82) is 5.26 Å². The van der Waals surface area contributed by atoms with Crippen LogP contribution < -0.4 is 9.47 Å². The van der Waals surface area contributed by atoms with Gasteiger partial charge in [-0.25, -0.2) is 0 Å². The van der Waals surface area contributed by atoms with Crippen LogP contribution in [0.15, 0.2) is 51.6 Å². The molecule has 2 aromatic rings. The van der Waals surface area contributed by atoms with E-state index in [0.717, 1.165) is 0 Å². The molecule has 0 saturated carbocycles. The van der Waals surface area contributed by atoms with Gasteiger partial charge in [-0.2, -0.15) is 5.26 Å². The number of methoxy groups -OCH3 is 2. The summed E-state index contributed by atoms with van der Waals surface area (Å²) in [7, 11) is 3.10. The van der Waals surface area contributed by atoms with Gasteiger partial charge in [0.2, 0.25) is 11.6 Å². The molecule has 7 nitrogen and oxygen atoms in total. The minimum atomic E-state index is -1.61. The van der Waals surface area contributed by atoms with Crippen LogP contribution in [0.1, 0.15) is 23.7 Å². The summed E-state index contributed by atoms with van der Waals surface area (Å²) < 4.78 is 16.1. The van der Waals surface area contributed by atoms with Crippen molar-refractivity contribution in [3.05, 3.63) is 58.5 Å². The molecule has 28 heavy (non-hydrogen) atoms. The van der Waals surface area contributed by atoms with E-state index in [1.807, 2.05) is 0 Å². The van der Waals surface area contributed by atoms with E-state index in [-0.39, 0.29) is 23.8 Å². The highest BCUT2D eigenvalue weighted by Gasteiger charge is 2.53. The van der Waals surface area contributed by atoms with Gasteiger partial charge in [0.25, 0.3) is 0 Å². The number of nitriles is 1. The summed E-state index contributed by atoms with van der Waals surface area (Å²) >= 11 is 1.27. The Morgan fingerprint density at radius 3 is 2.82 bits per heavy atom. The second-order valence-corrected chi connectivity index (χ2v) is 7.47. The number of furan rings is 1. The molecule has 0 unspecified atom stereocenters. The highest BCUT2D eigenvalue weighted by atomic mass is 32.2. The molecule has 0 radical (unpaired) electrons. The van der Waals surface area contributed by atoms with E-state index in [4.69, 9.17) is 13.9 Å². The number of carbonyl (C=O) groups excluding carboxylic acids is 1. The molecule has 2 atom stereocenters. The quantitative estimate of drug-likeness (QED) is 0.846. The van der Waals surface area contributed by atoms with Crippen molar-refractivity contribution in [3.63, 3.8) is 0 Å². The number of allylic oxidation sites excluding steroid dienone is 1. The minimum Gasteiger partial charge on any atom is -0.497 e. The van der Waals surface area contributed by atoms with Gasteiger partial charge in [-0.3, -0.25) is 9.69 Å². The fraction of sp³-hybridized carbons (Fsp3) is 0.300. The predicted molar refractivity (Wildman–Crippen MR) is 101 cm³/mol. The average molecular weight is 398 g/mol. The monoisotopic (exact) mass is 398 g/mol. The first-order valence-electron chi connectivity index (χ1n) is 8.62. The fourth-order valence-electron chi connectivity index (χ4n) is 3.69. The van der Waals surface area contributed by atoms with Crippen LogP contribution in [-0.4, -0.2) is 35.9 Å². The fourth-order valence-corrected chi connectivity index (χ4v) is 5.03. The van der Waals surface area contributed by atoms with Crippen molar-refractivity contribution < 1.29 is 23.8 Å². The summed E-state index contributed by atoms with van der Waals surface area (Å²) in [6.07, 6.45) is 1.47. The molecule has 1 N–H and O–H groups in total. The summed E-state index contributed by atoms with van der Waals surface area (Å²) in [4.78, 5) is 14.4. The van der Waals surface area contributed by atoms with Crippen molar-refractivity contribution in [2.75, 3.05) is 20.0 Å². The van der Waals surface area contributed by atoms with E-state index < -0.39 is 11.6 Å².